The Morgan fingerprint density at radius 3 is 2.88 bits per heavy atom. The molecule has 92 valence electrons. The first-order valence-electron chi connectivity index (χ1n) is 5.12. The molecule has 0 saturated carbocycles. The second-order valence-electron chi connectivity index (χ2n) is 4.44. The second-order valence-corrected chi connectivity index (χ2v) is 4.85. The van der Waals surface area contributed by atoms with Crippen molar-refractivity contribution in [1.82, 2.24) is 4.98 Å². The predicted molar refractivity (Wildman–Crippen MR) is 63.3 cm³/mol. The van der Waals surface area contributed by atoms with Crippen LogP contribution in [0.15, 0.2) is 12.3 Å². The van der Waals surface area contributed by atoms with Gasteiger partial charge in [0.25, 0.3) is 5.69 Å². The van der Waals surface area contributed by atoms with Gasteiger partial charge >= 0.3 is 0 Å². The van der Waals surface area contributed by atoms with Crippen molar-refractivity contribution in [3.8, 4) is 0 Å². The Bertz CT molecular complexity index is 448. The van der Waals surface area contributed by atoms with Crippen LogP contribution >= 0.6 is 11.6 Å². The van der Waals surface area contributed by atoms with Crippen LogP contribution in [0.1, 0.15) is 6.92 Å². The van der Waals surface area contributed by atoms with Gasteiger partial charge in [0.15, 0.2) is 0 Å². The van der Waals surface area contributed by atoms with Crippen molar-refractivity contribution in [3.05, 3.63) is 27.4 Å². The number of nitrogens with one attached hydrogen (secondary N) is 1. The molecule has 1 fully saturated rings. The number of hydrogen-bond acceptors (Lipinski definition) is 5. The molecule has 1 aromatic rings. The van der Waals surface area contributed by atoms with Crippen molar-refractivity contribution < 1.29 is 9.66 Å². The molecule has 1 aromatic heterocycles. The van der Waals surface area contributed by atoms with Crippen LogP contribution in [0, 0.1) is 15.5 Å². The van der Waals surface area contributed by atoms with E-state index in [9.17, 15) is 10.1 Å². The molecular formula is C10H12ClN3O3. The Morgan fingerprint density at radius 1 is 1.71 bits per heavy atom. The van der Waals surface area contributed by atoms with E-state index in [1.807, 2.05) is 0 Å². The van der Waals surface area contributed by atoms with Crippen molar-refractivity contribution in [2.75, 3.05) is 25.1 Å². The molecule has 2 rings (SSSR count). The molecule has 0 spiro atoms. The lowest BCUT2D eigenvalue weighted by molar-refractivity contribution is -0.385. The highest BCUT2D eigenvalue weighted by Gasteiger charge is 2.33. The van der Waals surface area contributed by atoms with Crippen LogP contribution in [0.5, 0.6) is 0 Å². The van der Waals surface area contributed by atoms with Crippen LogP contribution in [0.4, 0.5) is 11.5 Å². The largest absolute Gasteiger partial charge is 0.380 e. The Labute approximate surface area is 103 Å². The third-order valence-electron chi connectivity index (χ3n) is 2.62. The van der Waals surface area contributed by atoms with E-state index in [1.54, 1.807) is 0 Å². The van der Waals surface area contributed by atoms with Gasteiger partial charge in [-0.05, 0) is 0 Å². The molecule has 1 saturated heterocycles. The Hall–Kier alpha value is -1.40. The lowest BCUT2D eigenvalue weighted by Crippen LogP contribution is -2.45. The van der Waals surface area contributed by atoms with Crippen molar-refractivity contribution >= 4 is 23.1 Å². The number of pyridine rings is 1. The monoisotopic (exact) mass is 257 g/mol. The number of aromatic nitrogens is 1. The predicted octanol–water partition coefficient (Wildman–Crippen LogP) is 2.09. The fourth-order valence-electron chi connectivity index (χ4n) is 1.51. The number of halogens is 1. The molecule has 6 nitrogen and oxygen atoms in total. The molecule has 1 N–H and O–H groups in total. The van der Waals surface area contributed by atoms with Gasteiger partial charge in [-0.2, -0.15) is 0 Å². The summed E-state index contributed by atoms with van der Waals surface area (Å²) < 4.78 is 5.12. The van der Waals surface area contributed by atoms with E-state index in [4.69, 9.17) is 16.3 Å². The molecule has 0 radical (unpaired) electrons. The van der Waals surface area contributed by atoms with Crippen LogP contribution in [0.25, 0.3) is 0 Å². The highest BCUT2D eigenvalue weighted by atomic mass is 35.5. The lowest BCUT2D eigenvalue weighted by atomic mass is 9.89. The van der Waals surface area contributed by atoms with Gasteiger partial charge in [-0.15, -0.1) is 0 Å². The smallest absolute Gasteiger partial charge is 0.289 e. The summed E-state index contributed by atoms with van der Waals surface area (Å²) in [5, 5.41) is 13.8. The zero-order valence-electron chi connectivity index (χ0n) is 9.27. The molecule has 0 amide bonds. The van der Waals surface area contributed by atoms with E-state index in [0.717, 1.165) is 0 Å². The van der Waals surface area contributed by atoms with Gasteiger partial charge in [0.05, 0.1) is 23.2 Å². The first kappa shape index (κ1) is 12.1. The fourth-order valence-corrected chi connectivity index (χ4v) is 1.73. The number of anilines is 1. The normalized spacial score (nSPS) is 17.3. The number of ether oxygens (including phenoxy) is 1. The van der Waals surface area contributed by atoms with E-state index in [2.05, 4.69) is 17.2 Å². The van der Waals surface area contributed by atoms with Crippen LogP contribution in [-0.2, 0) is 4.74 Å². The van der Waals surface area contributed by atoms with E-state index in [0.29, 0.717) is 25.6 Å². The topological polar surface area (TPSA) is 77.3 Å². The highest BCUT2D eigenvalue weighted by molar-refractivity contribution is 6.33. The standard InChI is InChI=1S/C10H12ClN3O3/c1-10(5-17-6-10)4-13-9-8(11)2-7(3-12-9)14(15)16/h2-3H,4-6H2,1H3,(H,12,13). The minimum Gasteiger partial charge on any atom is -0.380 e. The minimum atomic E-state index is -0.524. The molecule has 1 aliphatic heterocycles. The first-order valence-corrected chi connectivity index (χ1v) is 5.50. The second kappa shape index (κ2) is 4.46. The number of rotatable bonds is 4. The van der Waals surface area contributed by atoms with Gasteiger partial charge in [-0.1, -0.05) is 18.5 Å². The van der Waals surface area contributed by atoms with E-state index in [1.165, 1.54) is 12.3 Å². The summed E-state index contributed by atoms with van der Waals surface area (Å²) in [5.41, 5.74) is -0.0222. The van der Waals surface area contributed by atoms with Gasteiger partial charge < -0.3 is 10.1 Å². The maximum absolute atomic E-state index is 10.5. The third-order valence-corrected chi connectivity index (χ3v) is 2.91. The number of nitrogens with zero attached hydrogens (tertiary/aromatic N) is 2. The van der Waals surface area contributed by atoms with Crippen LogP contribution < -0.4 is 5.32 Å². The zero-order valence-corrected chi connectivity index (χ0v) is 10.0. The molecule has 0 unspecified atom stereocenters. The highest BCUT2D eigenvalue weighted by Crippen LogP contribution is 2.29. The van der Waals surface area contributed by atoms with Crippen molar-refractivity contribution in [1.29, 1.82) is 0 Å². The number of nitro groups is 1. The summed E-state index contributed by atoms with van der Waals surface area (Å²) >= 11 is 5.90. The van der Waals surface area contributed by atoms with E-state index < -0.39 is 4.92 Å². The SMILES string of the molecule is CC1(CNc2ncc([N+](=O)[O-])cc2Cl)COC1. The fraction of sp³-hybridized carbons (Fsp3) is 0.500. The van der Waals surface area contributed by atoms with Crippen LogP contribution in [-0.4, -0.2) is 29.7 Å². The van der Waals surface area contributed by atoms with Crippen molar-refractivity contribution in [3.63, 3.8) is 0 Å². The Kier molecular flexibility index (Phi) is 3.17. The maximum atomic E-state index is 10.5. The Balaban J connectivity index is 2.03. The molecule has 1 aliphatic rings. The zero-order chi connectivity index (χ0) is 12.5. The summed E-state index contributed by atoms with van der Waals surface area (Å²) in [6, 6.07) is 1.29. The van der Waals surface area contributed by atoms with E-state index >= 15 is 0 Å². The molecule has 0 bridgehead atoms. The number of hydrogen-bond donors (Lipinski definition) is 1. The van der Waals surface area contributed by atoms with Gasteiger partial charge in [0.2, 0.25) is 0 Å². The molecule has 17 heavy (non-hydrogen) atoms. The summed E-state index contributed by atoms with van der Waals surface area (Å²) in [5.74, 6) is 0.463. The van der Waals surface area contributed by atoms with Crippen LogP contribution in [0.3, 0.4) is 0 Å². The average Bonchev–Trinajstić information content (AvgIpc) is 2.24. The Morgan fingerprint density at radius 2 is 2.41 bits per heavy atom. The summed E-state index contributed by atoms with van der Waals surface area (Å²) in [6.07, 6.45) is 1.19. The lowest BCUT2D eigenvalue weighted by Gasteiger charge is -2.38. The third kappa shape index (κ3) is 2.65. The average molecular weight is 258 g/mol. The summed E-state index contributed by atoms with van der Waals surface area (Å²) in [7, 11) is 0. The van der Waals surface area contributed by atoms with Crippen molar-refractivity contribution in [2.45, 2.75) is 6.92 Å². The van der Waals surface area contributed by atoms with Gasteiger partial charge in [0, 0.05) is 18.0 Å². The maximum Gasteiger partial charge on any atom is 0.289 e. The molecule has 7 heteroatoms. The molecule has 0 atom stereocenters. The van der Waals surface area contributed by atoms with Crippen molar-refractivity contribution in [2.24, 2.45) is 5.41 Å². The van der Waals surface area contributed by atoms with E-state index in [-0.39, 0.29) is 16.1 Å². The summed E-state index contributed by atoms with van der Waals surface area (Å²) in [6.45, 7) is 4.16. The molecule has 0 aromatic carbocycles. The van der Waals surface area contributed by atoms with Crippen LogP contribution in [0.2, 0.25) is 5.02 Å². The first-order chi connectivity index (χ1) is 8.00. The minimum absolute atomic E-state index is 0.0901. The molecule has 0 aliphatic carbocycles. The summed E-state index contributed by atoms with van der Waals surface area (Å²) in [4.78, 5) is 13.9. The molecule has 2 heterocycles. The quantitative estimate of drug-likeness (QED) is 0.660. The van der Waals surface area contributed by atoms with Gasteiger partial charge in [-0.3, -0.25) is 10.1 Å². The van der Waals surface area contributed by atoms with Gasteiger partial charge in [-0.25, -0.2) is 4.98 Å². The molecular weight excluding hydrogens is 246 g/mol. The van der Waals surface area contributed by atoms with Gasteiger partial charge in [0.1, 0.15) is 12.0 Å².